The van der Waals surface area contributed by atoms with Crippen molar-refractivity contribution in [3.05, 3.63) is 136 Å². The minimum absolute atomic E-state index is 0.00768. The van der Waals surface area contributed by atoms with Gasteiger partial charge in [-0.2, -0.15) is 10.2 Å². The Morgan fingerprint density at radius 2 is 1.21 bits per heavy atom. The summed E-state index contributed by atoms with van der Waals surface area (Å²) in [6.07, 6.45) is 8.42. The molecule has 19 nitrogen and oxygen atoms in total. The Balaban J connectivity index is 0.000000148. The fourth-order valence-corrected chi connectivity index (χ4v) is 10.1. The van der Waals surface area contributed by atoms with E-state index in [0.29, 0.717) is 78.8 Å². The van der Waals surface area contributed by atoms with Crippen LogP contribution >= 0.6 is 0 Å². The van der Waals surface area contributed by atoms with Crippen molar-refractivity contribution in [2.45, 2.75) is 76.5 Å². The molecule has 4 N–H and O–H groups in total. The van der Waals surface area contributed by atoms with Crippen molar-refractivity contribution in [1.82, 2.24) is 58.6 Å². The van der Waals surface area contributed by atoms with Gasteiger partial charge in [-0.05, 0) is 106 Å². The molecule has 7 heterocycles. The summed E-state index contributed by atoms with van der Waals surface area (Å²) in [7, 11) is 1.63. The van der Waals surface area contributed by atoms with Crippen molar-refractivity contribution in [3.63, 3.8) is 0 Å². The summed E-state index contributed by atoms with van der Waals surface area (Å²) in [4.78, 5) is 54.3. The third kappa shape index (κ3) is 7.39. The van der Waals surface area contributed by atoms with Gasteiger partial charge < -0.3 is 25.7 Å². The van der Waals surface area contributed by atoms with Crippen LogP contribution in [0.25, 0.3) is 66.4 Å². The fourth-order valence-electron chi connectivity index (χ4n) is 10.1. The maximum Gasteiger partial charge on any atom is 0.264 e. The van der Waals surface area contributed by atoms with Gasteiger partial charge in [0.15, 0.2) is 22.8 Å². The van der Waals surface area contributed by atoms with E-state index in [2.05, 4.69) is 19.9 Å². The number of aromatic nitrogens is 12. The standard InChI is InChI=1S/C27H24FN7O3.C25H23N7O2/c1-14(25-32-18-8-4-7-17(28)21(18)27(36)34(25)16-5-2-3-6-16)35-26-22(24(29)30-12-31-26)23(33-35)15-9-10-19-20(11-15)38-13-37-19;1-14(23-29-19-6-4-3-5-18(19)25(33)31(23)16-9-10-16)32-24-20(22(26)27-13-28-24)21(30-32)15-7-11-17(34-2)12-8-15/h4,7-12,14,16H,2-3,5-6,13H2,1H3,(H2,29,30,31);3-8,11-14,16H,9-10H2,1-2H3,(H2,26,27,28). The minimum atomic E-state index is -0.568. The Morgan fingerprint density at radius 3 is 1.86 bits per heavy atom. The molecule has 6 aromatic heterocycles. The van der Waals surface area contributed by atoms with Crippen molar-refractivity contribution >= 4 is 55.5 Å². The molecule has 3 aliphatic rings. The van der Waals surface area contributed by atoms with Crippen molar-refractivity contribution < 1.29 is 18.6 Å². The summed E-state index contributed by atoms with van der Waals surface area (Å²) in [6, 6.07) is 24.3. The third-order valence-electron chi connectivity index (χ3n) is 13.9. The summed E-state index contributed by atoms with van der Waals surface area (Å²) in [5.41, 5.74) is 17.2. The Kier molecular flexibility index (Phi) is 10.8. The van der Waals surface area contributed by atoms with Crippen molar-refractivity contribution in [1.29, 1.82) is 0 Å². The molecule has 2 saturated carbocycles. The summed E-state index contributed by atoms with van der Waals surface area (Å²) < 4.78 is 38.1. The van der Waals surface area contributed by atoms with Crippen LogP contribution in [0.3, 0.4) is 0 Å². The topological polar surface area (TPSA) is 237 Å². The zero-order valence-corrected chi connectivity index (χ0v) is 39.4. The van der Waals surface area contributed by atoms with Gasteiger partial charge in [-0.25, -0.2) is 43.7 Å². The lowest BCUT2D eigenvalue weighted by molar-refractivity contribution is 0.174. The highest BCUT2D eigenvalue weighted by atomic mass is 19.1. The molecule has 0 radical (unpaired) electrons. The normalized spacial score (nSPS) is 15.3. The number of hydrogen-bond donors (Lipinski definition) is 2. The van der Waals surface area contributed by atoms with Crippen LogP contribution in [0.2, 0.25) is 0 Å². The second-order valence-corrected chi connectivity index (χ2v) is 18.3. The Bertz CT molecular complexity index is 3900. The quantitative estimate of drug-likeness (QED) is 0.139. The number of benzene rings is 4. The number of hydrogen-bond acceptors (Lipinski definition) is 15. The predicted octanol–water partition coefficient (Wildman–Crippen LogP) is 8.12. The summed E-state index contributed by atoms with van der Waals surface area (Å²) in [6.45, 7) is 4.05. The number of methoxy groups -OCH3 is 1. The van der Waals surface area contributed by atoms with E-state index in [4.69, 9.17) is 45.8 Å². The van der Waals surface area contributed by atoms with Crippen LogP contribution in [-0.2, 0) is 0 Å². The molecule has 72 heavy (non-hydrogen) atoms. The number of ether oxygens (including phenoxy) is 3. The average molecular weight is 967 g/mol. The molecule has 4 aromatic carbocycles. The largest absolute Gasteiger partial charge is 0.497 e. The summed E-state index contributed by atoms with van der Waals surface area (Å²) in [5, 5.41) is 11.7. The molecule has 20 heteroatoms. The van der Waals surface area contributed by atoms with Gasteiger partial charge in [-0.15, -0.1) is 0 Å². The molecule has 2 aliphatic carbocycles. The predicted molar refractivity (Wildman–Crippen MR) is 268 cm³/mol. The Labute approximate surface area is 408 Å². The summed E-state index contributed by atoms with van der Waals surface area (Å²) in [5.74, 6) is 3.24. The van der Waals surface area contributed by atoms with Crippen LogP contribution in [0.5, 0.6) is 17.2 Å². The van der Waals surface area contributed by atoms with Gasteiger partial charge in [0.1, 0.15) is 76.4 Å². The van der Waals surface area contributed by atoms with Gasteiger partial charge >= 0.3 is 0 Å². The first-order valence-electron chi connectivity index (χ1n) is 23.8. The van der Waals surface area contributed by atoms with Crippen LogP contribution in [0.4, 0.5) is 16.0 Å². The van der Waals surface area contributed by atoms with E-state index >= 15 is 0 Å². The highest BCUT2D eigenvalue weighted by Gasteiger charge is 2.33. The monoisotopic (exact) mass is 966 g/mol. The van der Waals surface area contributed by atoms with Crippen LogP contribution in [0.1, 0.15) is 88.2 Å². The number of nitrogens with two attached hydrogens (primary N) is 2. The van der Waals surface area contributed by atoms with Crippen molar-refractivity contribution in [2.24, 2.45) is 0 Å². The van der Waals surface area contributed by atoms with E-state index in [-0.39, 0.29) is 47.2 Å². The van der Waals surface area contributed by atoms with Crippen LogP contribution in [0, 0.1) is 5.82 Å². The summed E-state index contributed by atoms with van der Waals surface area (Å²) >= 11 is 0. The molecule has 13 rings (SSSR count). The van der Waals surface area contributed by atoms with E-state index in [1.807, 2.05) is 85.1 Å². The first-order valence-corrected chi connectivity index (χ1v) is 23.8. The molecule has 2 fully saturated rings. The lowest BCUT2D eigenvalue weighted by atomic mass is 10.1. The van der Waals surface area contributed by atoms with Crippen LogP contribution in [-0.4, -0.2) is 72.5 Å². The molecule has 362 valence electrons. The highest BCUT2D eigenvalue weighted by molar-refractivity contribution is 5.99. The smallest absolute Gasteiger partial charge is 0.264 e. The zero-order valence-electron chi connectivity index (χ0n) is 39.4. The van der Waals surface area contributed by atoms with E-state index in [0.717, 1.165) is 55.4 Å². The van der Waals surface area contributed by atoms with Gasteiger partial charge in [-0.3, -0.25) is 18.7 Å². The van der Waals surface area contributed by atoms with Crippen LogP contribution < -0.4 is 36.8 Å². The second kappa shape index (κ2) is 17.5. The maximum atomic E-state index is 14.8. The minimum Gasteiger partial charge on any atom is -0.497 e. The first-order chi connectivity index (χ1) is 35.1. The van der Waals surface area contributed by atoms with Gasteiger partial charge in [0.05, 0.1) is 34.3 Å². The number of nitrogens with zero attached hydrogens (tertiary/aromatic N) is 12. The van der Waals surface area contributed by atoms with Gasteiger partial charge in [0, 0.05) is 23.2 Å². The van der Waals surface area contributed by atoms with Crippen molar-refractivity contribution in [3.8, 4) is 39.8 Å². The SMILES string of the molecule is CC(c1nc2cccc(F)c2c(=O)n1C1CCCC1)n1nc(-c2ccc3c(c2)OCO3)c2c(N)ncnc21.COc1ccc(-c2nn(C(C)c3nc4ccccc4c(=O)n3C3CC3)c3ncnc(N)c23)cc1. The molecule has 10 aromatic rings. The van der Waals surface area contributed by atoms with E-state index in [1.165, 1.54) is 18.7 Å². The fraction of sp³-hybridized carbons (Fsp3) is 0.269. The van der Waals surface area contributed by atoms with E-state index in [9.17, 15) is 14.0 Å². The maximum absolute atomic E-state index is 14.8. The molecule has 0 spiro atoms. The number of rotatable bonds is 9. The second-order valence-electron chi connectivity index (χ2n) is 18.3. The molecular weight excluding hydrogens is 920 g/mol. The van der Waals surface area contributed by atoms with Gasteiger partial charge in [0.25, 0.3) is 11.1 Å². The molecule has 2 unspecified atom stereocenters. The van der Waals surface area contributed by atoms with Gasteiger partial charge in [0.2, 0.25) is 6.79 Å². The average Bonchev–Trinajstić information content (AvgIpc) is 3.76. The lowest BCUT2D eigenvalue weighted by Gasteiger charge is -2.23. The number of para-hydroxylation sites is 1. The zero-order chi connectivity index (χ0) is 49.4. The molecule has 0 saturated heterocycles. The Hall–Kier alpha value is -8.81. The molecule has 0 bridgehead atoms. The van der Waals surface area contributed by atoms with Crippen LogP contribution in [0.15, 0.2) is 107 Å². The third-order valence-corrected chi connectivity index (χ3v) is 13.9. The number of halogens is 1. The first kappa shape index (κ1) is 44.4. The number of anilines is 2. The Morgan fingerprint density at radius 1 is 0.639 bits per heavy atom. The van der Waals surface area contributed by atoms with Gasteiger partial charge in [-0.1, -0.05) is 31.0 Å². The molecular formula is C52H47FN14O5. The van der Waals surface area contributed by atoms with E-state index in [1.54, 1.807) is 33.2 Å². The molecule has 0 amide bonds. The molecule has 2 atom stereocenters. The molecule has 1 aliphatic heterocycles. The number of fused-ring (bicyclic) bond motifs is 5. The van der Waals surface area contributed by atoms with E-state index < -0.39 is 11.9 Å². The van der Waals surface area contributed by atoms with Crippen molar-refractivity contribution in [2.75, 3.05) is 25.4 Å². The lowest BCUT2D eigenvalue weighted by Crippen LogP contribution is -2.31. The number of nitrogen functional groups attached to an aromatic ring is 2. The highest BCUT2D eigenvalue weighted by Crippen LogP contribution is 2.41.